The van der Waals surface area contributed by atoms with E-state index in [4.69, 9.17) is 0 Å². The first kappa shape index (κ1) is 38.7. The average Bonchev–Trinajstić information content (AvgIpc) is 3.24. The monoisotopic (exact) mass is 672 g/mol. The second kappa shape index (κ2) is 11.8. The quantitative estimate of drug-likeness (QED) is 0.148. The van der Waals surface area contributed by atoms with Gasteiger partial charge < -0.3 is 4.55 Å². The number of carbonyl (C=O) groups excluding carboxylic acids is 1. The van der Waals surface area contributed by atoms with Crippen LogP contribution in [0.1, 0.15) is 32.6 Å². The Morgan fingerprint density at radius 2 is 0.975 bits per heavy atom. The van der Waals surface area contributed by atoms with Crippen LogP contribution in [0.3, 0.4) is 0 Å². The number of carbonyl (C=O) groups is 1. The zero-order valence-corrected chi connectivity index (χ0v) is 21.0. The van der Waals surface area contributed by atoms with Gasteiger partial charge >= 0.3 is 47.0 Å². The molecule has 0 bridgehead atoms. The fraction of sp³-hybridized carbons (Fsp3) is 0.941. The third-order valence-corrected chi connectivity index (χ3v) is 8.36. The molecule has 1 rings (SSSR count). The Bertz CT molecular complexity index is 986. The lowest BCUT2D eigenvalue weighted by Crippen LogP contribution is -2.75. The van der Waals surface area contributed by atoms with Gasteiger partial charge in [-0.2, -0.15) is 74.6 Å². The fourth-order valence-electron chi connectivity index (χ4n) is 2.74. The van der Waals surface area contributed by atoms with Crippen molar-refractivity contribution in [2.45, 2.75) is 79.6 Å². The molecule has 0 saturated carbocycles. The summed E-state index contributed by atoms with van der Waals surface area (Å²) >= 11 is 0. The molecule has 0 aromatic rings. The summed E-state index contributed by atoms with van der Waals surface area (Å²) in [6.07, 6.45) is -3.33. The molecule has 0 N–H and O–H groups in total. The molecule has 1 saturated heterocycles. The van der Waals surface area contributed by atoms with E-state index in [-0.39, 0.29) is 0 Å². The Labute approximate surface area is 216 Å². The van der Waals surface area contributed by atoms with Crippen molar-refractivity contribution in [1.82, 2.24) is 0 Å². The minimum Gasteiger partial charge on any atom is -0.743 e. The fourth-order valence-corrected chi connectivity index (χ4v) is 5.50. The molecule has 0 radical (unpaired) electrons. The molecule has 0 amide bonds. The number of rotatable bonds is 11. The average molecular weight is 672 g/mol. The van der Waals surface area contributed by atoms with Gasteiger partial charge in [0.05, 0.1) is 0 Å². The van der Waals surface area contributed by atoms with E-state index in [9.17, 15) is 92.4 Å². The van der Waals surface area contributed by atoms with Gasteiger partial charge in [0.1, 0.15) is 11.5 Å². The highest BCUT2D eigenvalue weighted by molar-refractivity contribution is 7.97. The van der Waals surface area contributed by atoms with Gasteiger partial charge in [0.15, 0.2) is 21.7 Å². The van der Waals surface area contributed by atoms with E-state index in [0.29, 0.717) is 16.7 Å². The van der Waals surface area contributed by atoms with Crippen molar-refractivity contribution in [3.05, 3.63) is 0 Å². The van der Waals surface area contributed by atoms with Crippen LogP contribution in [-0.2, 0) is 25.8 Å². The van der Waals surface area contributed by atoms with E-state index < -0.39 is 57.1 Å². The van der Waals surface area contributed by atoms with E-state index in [1.54, 1.807) is 0 Å². The van der Waals surface area contributed by atoms with Crippen LogP contribution in [0.4, 0.5) is 74.6 Å². The van der Waals surface area contributed by atoms with Crippen LogP contribution in [0.5, 0.6) is 0 Å². The van der Waals surface area contributed by atoms with Gasteiger partial charge in [0.25, 0.3) is 0 Å². The van der Waals surface area contributed by atoms with Gasteiger partial charge in [-0.05, 0) is 30.2 Å². The van der Waals surface area contributed by atoms with Crippen LogP contribution < -0.4 is 0 Å². The molecule has 4 nitrogen and oxygen atoms in total. The van der Waals surface area contributed by atoms with Gasteiger partial charge in [-0.3, -0.25) is 4.79 Å². The highest BCUT2D eigenvalue weighted by Crippen LogP contribution is 2.64. The van der Waals surface area contributed by atoms with Crippen LogP contribution in [0.15, 0.2) is 0 Å². The molecule has 1 fully saturated rings. The van der Waals surface area contributed by atoms with Gasteiger partial charge in [0.2, 0.25) is 0 Å². The van der Waals surface area contributed by atoms with E-state index in [1.807, 2.05) is 0 Å². The first-order valence-electron chi connectivity index (χ1n) is 10.2. The number of alkyl halides is 17. The van der Waals surface area contributed by atoms with Crippen molar-refractivity contribution >= 4 is 26.8 Å². The van der Waals surface area contributed by atoms with Crippen LogP contribution >= 0.6 is 0 Å². The van der Waals surface area contributed by atoms with Gasteiger partial charge in [-0.15, -0.1) is 0 Å². The van der Waals surface area contributed by atoms with Crippen LogP contribution in [-0.4, -0.2) is 83.0 Å². The standard InChI is InChI=1S/C9H17OS.C8HF17O3S/c1-2-5-9(10)8-11-6-3-4-7-11;9-1(10,3(13,14)5(17,18)7(21,22)23)2(11,12)4(15,16)6(19,20)8(24,25)29(26,27)28/h2-8H2,1H3;(H,26,27,28)/q+1;/p-1. The molecule has 1 aliphatic rings. The van der Waals surface area contributed by atoms with Gasteiger partial charge in [-0.1, -0.05) is 6.92 Å². The first-order valence-corrected chi connectivity index (χ1v) is 13.3. The summed E-state index contributed by atoms with van der Waals surface area (Å²) < 4.78 is 244. The van der Waals surface area contributed by atoms with Crippen molar-refractivity contribution in [3.8, 4) is 0 Å². The van der Waals surface area contributed by atoms with E-state index in [0.717, 1.165) is 18.6 Å². The molecule has 1 heterocycles. The van der Waals surface area contributed by atoms with Crippen molar-refractivity contribution < 1.29 is 92.4 Å². The number of hydrogen-bond donors (Lipinski definition) is 0. The Kier molecular flexibility index (Phi) is 11.4. The summed E-state index contributed by atoms with van der Waals surface area (Å²) in [5, 5.41) is -7.95. The smallest absolute Gasteiger partial charge is 0.460 e. The normalized spacial score (nSPS) is 17.5. The Morgan fingerprint density at radius 1 is 0.650 bits per heavy atom. The maximum atomic E-state index is 13.0. The van der Waals surface area contributed by atoms with Crippen LogP contribution in [0.25, 0.3) is 0 Å². The summed E-state index contributed by atoms with van der Waals surface area (Å²) in [7, 11) is -7.65. The number of hydrogen-bond acceptors (Lipinski definition) is 4. The molecule has 0 aliphatic carbocycles. The number of halogens is 17. The van der Waals surface area contributed by atoms with E-state index in [2.05, 4.69) is 6.92 Å². The largest absolute Gasteiger partial charge is 0.743 e. The Morgan fingerprint density at radius 3 is 1.27 bits per heavy atom. The summed E-state index contributed by atoms with van der Waals surface area (Å²) in [4.78, 5) is 11.2. The lowest BCUT2D eigenvalue weighted by atomic mass is 9.91. The van der Waals surface area contributed by atoms with Gasteiger partial charge in [-0.25, -0.2) is 8.42 Å². The SMILES string of the molecule is CCCC(=O)C[S+]1CCCC1.O=S(=O)([O-])C(F)(F)C(F)(F)C(F)(F)C(F)(F)C(F)(F)C(F)(F)C(F)(F)C(F)(F)F. The molecule has 23 heteroatoms. The molecule has 0 unspecified atom stereocenters. The zero-order chi connectivity index (χ0) is 32.6. The molecule has 0 spiro atoms. The maximum absolute atomic E-state index is 13.0. The molecule has 0 atom stereocenters. The number of ketones is 1. The third-order valence-electron chi connectivity index (χ3n) is 5.02. The zero-order valence-electron chi connectivity index (χ0n) is 19.3. The molecule has 240 valence electrons. The second-order valence-electron chi connectivity index (χ2n) is 8.08. The molecule has 0 aromatic heterocycles. The Hall–Kier alpha value is -1.26. The van der Waals surface area contributed by atoms with Crippen molar-refractivity contribution in [2.24, 2.45) is 0 Å². The van der Waals surface area contributed by atoms with Crippen molar-refractivity contribution in [1.29, 1.82) is 0 Å². The third kappa shape index (κ3) is 6.54. The highest BCUT2D eigenvalue weighted by atomic mass is 32.2. The van der Waals surface area contributed by atoms with E-state index in [1.165, 1.54) is 24.3 Å². The molecule has 0 aromatic carbocycles. The summed E-state index contributed by atoms with van der Waals surface area (Å²) in [5.41, 5.74) is 0. The summed E-state index contributed by atoms with van der Waals surface area (Å²) in [6.45, 7) is 2.08. The second-order valence-corrected chi connectivity index (χ2v) is 11.8. The topological polar surface area (TPSA) is 74.3 Å². The lowest BCUT2D eigenvalue weighted by molar-refractivity contribution is -0.458. The molecule has 1 aliphatic heterocycles. The number of Topliss-reactive ketones (excluding diaryl/α,β-unsaturated/α-hetero) is 1. The van der Waals surface area contributed by atoms with Crippen molar-refractivity contribution in [3.63, 3.8) is 0 Å². The highest BCUT2D eigenvalue weighted by Gasteiger charge is 2.95. The van der Waals surface area contributed by atoms with Crippen LogP contribution in [0.2, 0.25) is 0 Å². The molecule has 40 heavy (non-hydrogen) atoms. The minimum absolute atomic E-state index is 0.492. The maximum Gasteiger partial charge on any atom is 0.460 e. The van der Waals surface area contributed by atoms with Crippen molar-refractivity contribution in [2.75, 3.05) is 17.3 Å². The lowest BCUT2D eigenvalue weighted by Gasteiger charge is -2.42. The minimum atomic E-state index is -8.92. The van der Waals surface area contributed by atoms with Gasteiger partial charge in [0, 0.05) is 6.42 Å². The predicted octanol–water partition coefficient (Wildman–Crippen LogP) is 6.27. The summed E-state index contributed by atoms with van der Waals surface area (Å²) in [6, 6.07) is 0. The first-order chi connectivity index (χ1) is 17.3. The summed E-state index contributed by atoms with van der Waals surface area (Å²) in [5.74, 6) is -48.1. The predicted molar refractivity (Wildman–Crippen MR) is 101 cm³/mol. The molecular weight excluding hydrogens is 655 g/mol. The van der Waals surface area contributed by atoms with E-state index >= 15 is 0 Å². The Balaban J connectivity index is 0.00000114. The molecular formula is C17H17F17O4S2. The van der Waals surface area contributed by atoms with Crippen LogP contribution in [0, 0.1) is 0 Å².